The maximum absolute atomic E-state index is 12.6. The van der Waals surface area contributed by atoms with Crippen molar-refractivity contribution in [2.45, 2.75) is 66.0 Å². The second-order valence-electron chi connectivity index (χ2n) is 7.23. The summed E-state index contributed by atoms with van der Waals surface area (Å²) in [5.41, 5.74) is -0.635. The van der Waals surface area contributed by atoms with Crippen molar-refractivity contribution in [1.29, 1.82) is 0 Å². The van der Waals surface area contributed by atoms with Crippen molar-refractivity contribution in [1.82, 2.24) is 10.6 Å². The summed E-state index contributed by atoms with van der Waals surface area (Å²) in [6.45, 7) is 14.4. The first-order chi connectivity index (χ1) is 12.0. The molecule has 0 aliphatic carbocycles. The first kappa shape index (κ1) is 23.7. The Hall–Kier alpha value is -2.31. The van der Waals surface area contributed by atoms with Crippen LogP contribution in [-0.2, 0) is 19.1 Å². The lowest BCUT2D eigenvalue weighted by molar-refractivity contribution is -0.139. The maximum atomic E-state index is 12.6. The molecule has 0 fully saturated rings. The van der Waals surface area contributed by atoms with Gasteiger partial charge in [-0.1, -0.05) is 39.5 Å². The Bertz CT molecular complexity index is 533. The fourth-order valence-corrected chi connectivity index (χ4v) is 1.97. The molecule has 0 aromatic carbocycles. The summed E-state index contributed by atoms with van der Waals surface area (Å²) < 4.78 is 10.2. The summed E-state index contributed by atoms with van der Waals surface area (Å²) in [5, 5.41) is 5.11. The molecule has 0 spiro atoms. The van der Waals surface area contributed by atoms with E-state index in [0.717, 1.165) is 0 Å². The van der Waals surface area contributed by atoms with Crippen LogP contribution >= 0.6 is 0 Å². The van der Waals surface area contributed by atoms with Crippen LogP contribution in [0.15, 0.2) is 24.4 Å². The Balaban J connectivity index is 5.14. The van der Waals surface area contributed by atoms with Crippen molar-refractivity contribution in [2.75, 3.05) is 6.61 Å². The largest absolute Gasteiger partial charge is 0.457 e. The molecular formula is C19H32N2O5. The number of nitrogens with one attached hydrogen (secondary N) is 2. The first-order valence-electron chi connectivity index (χ1n) is 8.78. The highest BCUT2D eigenvalue weighted by Gasteiger charge is 2.26. The molecule has 0 aliphatic heterocycles. The number of carbonyl (C=O) groups excluding carboxylic acids is 3. The second-order valence-corrected chi connectivity index (χ2v) is 7.23. The maximum Gasteiger partial charge on any atom is 0.408 e. The van der Waals surface area contributed by atoms with Gasteiger partial charge in [0.15, 0.2) is 0 Å². The van der Waals surface area contributed by atoms with Gasteiger partial charge in [-0.25, -0.2) is 9.59 Å². The molecule has 0 radical (unpaired) electrons. The molecule has 0 unspecified atom stereocenters. The van der Waals surface area contributed by atoms with E-state index in [1.807, 2.05) is 20.8 Å². The van der Waals surface area contributed by atoms with Gasteiger partial charge in [0.1, 0.15) is 23.9 Å². The van der Waals surface area contributed by atoms with E-state index in [1.54, 1.807) is 26.8 Å². The molecule has 0 bridgehead atoms. The molecule has 26 heavy (non-hydrogen) atoms. The standard InChI is InChI=1S/C19H32N2O5/c1-8-10-14(17(23)25-11-9-2)20-16(22)15(12-13(3)4)21-18(24)26-19(5,6)7/h9-10,13,15H,2,8,11-12H2,1,3-7H3,(H,20,22)(H,21,24)/b14-10+/t15-/m0/s1. The number of allylic oxidation sites excluding steroid dienone is 1. The molecule has 0 saturated carbocycles. The highest BCUT2D eigenvalue weighted by molar-refractivity contribution is 5.96. The molecule has 148 valence electrons. The number of esters is 1. The van der Waals surface area contributed by atoms with Crippen LogP contribution in [0, 0.1) is 5.92 Å². The zero-order valence-electron chi connectivity index (χ0n) is 16.7. The fraction of sp³-hybridized carbons (Fsp3) is 0.632. The molecule has 2 amide bonds. The molecule has 1 atom stereocenters. The van der Waals surface area contributed by atoms with E-state index < -0.39 is 29.6 Å². The summed E-state index contributed by atoms with van der Waals surface area (Å²) in [6, 6.07) is -0.836. The van der Waals surface area contributed by atoms with Gasteiger partial charge in [-0.2, -0.15) is 0 Å². The van der Waals surface area contributed by atoms with Crippen LogP contribution < -0.4 is 10.6 Å². The Morgan fingerprint density at radius 1 is 1.19 bits per heavy atom. The minimum Gasteiger partial charge on any atom is -0.457 e. The average molecular weight is 368 g/mol. The highest BCUT2D eigenvalue weighted by Crippen LogP contribution is 2.10. The minimum atomic E-state index is -0.836. The van der Waals surface area contributed by atoms with Gasteiger partial charge in [0.25, 0.3) is 0 Å². The number of amides is 2. The predicted octanol–water partition coefficient (Wildman–Crippen LogP) is 3.07. The van der Waals surface area contributed by atoms with E-state index in [2.05, 4.69) is 17.2 Å². The van der Waals surface area contributed by atoms with Crippen molar-refractivity contribution < 1.29 is 23.9 Å². The van der Waals surface area contributed by atoms with Crippen molar-refractivity contribution in [3.05, 3.63) is 24.4 Å². The predicted molar refractivity (Wildman–Crippen MR) is 100 cm³/mol. The molecule has 0 rings (SSSR count). The Morgan fingerprint density at radius 3 is 2.27 bits per heavy atom. The molecule has 0 aliphatic rings. The van der Waals surface area contributed by atoms with E-state index in [1.165, 1.54) is 6.08 Å². The third-order valence-corrected chi connectivity index (χ3v) is 2.93. The van der Waals surface area contributed by atoms with Crippen molar-refractivity contribution in [2.24, 2.45) is 5.92 Å². The van der Waals surface area contributed by atoms with Gasteiger partial charge in [-0.05, 0) is 39.5 Å². The third-order valence-electron chi connectivity index (χ3n) is 2.93. The number of carbonyl (C=O) groups is 3. The summed E-state index contributed by atoms with van der Waals surface area (Å²) in [6.07, 6.45) is 3.24. The molecule has 0 aromatic heterocycles. The van der Waals surface area contributed by atoms with Gasteiger partial charge in [0.2, 0.25) is 5.91 Å². The van der Waals surface area contributed by atoms with Gasteiger partial charge in [-0.15, -0.1) is 0 Å². The summed E-state index contributed by atoms with van der Waals surface area (Å²) in [7, 11) is 0. The molecular weight excluding hydrogens is 336 g/mol. The summed E-state index contributed by atoms with van der Waals surface area (Å²) in [5.74, 6) is -1.01. The number of ether oxygens (including phenoxy) is 2. The number of hydrogen-bond donors (Lipinski definition) is 2. The molecule has 0 heterocycles. The van der Waals surface area contributed by atoms with Gasteiger partial charge in [0, 0.05) is 0 Å². The molecule has 7 nitrogen and oxygen atoms in total. The van der Waals surface area contributed by atoms with E-state index in [0.29, 0.717) is 12.8 Å². The molecule has 0 aromatic rings. The molecule has 0 saturated heterocycles. The lowest BCUT2D eigenvalue weighted by Crippen LogP contribution is -2.49. The van der Waals surface area contributed by atoms with E-state index >= 15 is 0 Å². The van der Waals surface area contributed by atoms with Crippen LogP contribution in [0.25, 0.3) is 0 Å². The van der Waals surface area contributed by atoms with E-state index in [-0.39, 0.29) is 18.2 Å². The smallest absolute Gasteiger partial charge is 0.408 e. The first-order valence-corrected chi connectivity index (χ1v) is 8.78. The quantitative estimate of drug-likeness (QED) is 0.371. The topological polar surface area (TPSA) is 93.7 Å². The van der Waals surface area contributed by atoms with Crippen molar-refractivity contribution in [3.63, 3.8) is 0 Å². The number of rotatable bonds is 9. The Morgan fingerprint density at radius 2 is 1.81 bits per heavy atom. The van der Waals surface area contributed by atoms with Crippen LogP contribution in [0.3, 0.4) is 0 Å². The average Bonchev–Trinajstić information content (AvgIpc) is 2.49. The number of alkyl carbamates (subject to hydrolysis) is 1. The van der Waals surface area contributed by atoms with Gasteiger partial charge in [-0.3, -0.25) is 4.79 Å². The Labute approximate surface area is 156 Å². The molecule has 7 heteroatoms. The van der Waals surface area contributed by atoms with Gasteiger partial charge >= 0.3 is 12.1 Å². The normalized spacial score (nSPS) is 13.0. The SMILES string of the molecule is C=CCOC(=O)/C(=C\CC)NC(=O)[C@H](CC(C)C)NC(=O)OC(C)(C)C. The summed E-state index contributed by atoms with van der Waals surface area (Å²) >= 11 is 0. The van der Waals surface area contributed by atoms with Crippen LogP contribution in [0.4, 0.5) is 4.79 Å². The van der Waals surface area contributed by atoms with Crippen molar-refractivity contribution >= 4 is 18.0 Å². The van der Waals surface area contributed by atoms with Crippen LogP contribution in [0.5, 0.6) is 0 Å². The fourth-order valence-electron chi connectivity index (χ4n) is 1.97. The van der Waals surface area contributed by atoms with Crippen molar-refractivity contribution in [3.8, 4) is 0 Å². The van der Waals surface area contributed by atoms with Crippen LogP contribution in [0.2, 0.25) is 0 Å². The minimum absolute atomic E-state index is 0.0408. The van der Waals surface area contributed by atoms with Gasteiger partial charge < -0.3 is 20.1 Å². The third kappa shape index (κ3) is 10.5. The zero-order chi connectivity index (χ0) is 20.3. The van der Waals surface area contributed by atoms with E-state index in [9.17, 15) is 14.4 Å². The van der Waals surface area contributed by atoms with E-state index in [4.69, 9.17) is 9.47 Å². The van der Waals surface area contributed by atoms with Crippen LogP contribution in [-0.4, -0.2) is 36.2 Å². The van der Waals surface area contributed by atoms with Crippen LogP contribution in [0.1, 0.15) is 54.4 Å². The lowest BCUT2D eigenvalue weighted by Gasteiger charge is -2.24. The molecule has 2 N–H and O–H groups in total. The monoisotopic (exact) mass is 368 g/mol. The highest BCUT2D eigenvalue weighted by atomic mass is 16.6. The summed E-state index contributed by atoms with van der Waals surface area (Å²) in [4.78, 5) is 36.6. The van der Waals surface area contributed by atoms with Gasteiger partial charge in [0.05, 0.1) is 0 Å². The zero-order valence-corrected chi connectivity index (χ0v) is 16.7. The lowest BCUT2D eigenvalue weighted by atomic mass is 10.0. The Kier molecular flexibility index (Phi) is 10.3. The number of hydrogen-bond acceptors (Lipinski definition) is 5. The second kappa shape index (κ2) is 11.3.